The fourth-order valence-corrected chi connectivity index (χ4v) is 2.24. The molecule has 1 aromatic rings. The minimum absolute atomic E-state index is 0.170. The Morgan fingerprint density at radius 3 is 1.94 bits per heavy atom. The van der Waals surface area contributed by atoms with Crippen molar-refractivity contribution >= 4 is 0 Å². The van der Waals surface area contributed by atoms with Gasteiger partial charge in [0, 0.05) is 6.04 Å². The van der Waals surface area contributed by atoms with Crippen LogP contribution in [0.4, 0.5) is 0 Å². The van der Waals surface area contributed by atoms with Crippen LogP contribution in [0.5, 0.6) is 0 Å². The van der Waals surface area contributed by atoms with Gasteiger partial charge in [-0.2, -0.15) is 0 Å². The molecule has 0 saturated carbocycles. The Kier molecular flexibility index (Phi) is 4.15. The zero-order chi connectivity index (χ0) is 12.3. The van der Waals surface area contributed by atoms with Crippen LogP contribution in [0, 0.1) is 0 Å². The van der Waals surface area contributed by atoms with Crippen molar-refractivity contribution in [2.45, 2.75) is 58.4 Å². The maximum absolute atomic E-state index is 5.89. The smallest absolute Gasteiger partial charge is 0.00187 e. The predicted molar refractivity (Wildman–Crippen MR) is 71.8 cm³/mol. The van der Waals surface area contributed by atoms with Crippen LogP contribution < -0.4 is 5.73 Å². The van der Waals surface area contributed by atoms with Crippen LogP contribution in [-0.2, 0) is 5.41 Å². The summed E-state index contributed by atoms with van der Waals surface area (Å²) in [4.78, 5) is 0. The highest BCUT2D eigenvalue weighted by Crippen LogP contribution is 2.29. The van der Waals surface area contributed by atoms with Gasteiger partial charge in [0.2, 0.25) is 0 Å². The maximum atomic E-state index is 5.89. The molecule has 90 valence electrons. The Labute approximate surface area is 100 Å². The monoisotopic (exact) mass is 219 g/mol. The van der Waals surface area contributed by atoms with E-state index >= 15 is 0 Å². The SMILES string of the molecule is CC(C)c1ccc(C(C)(C)C[C@H](C)N)cc1. The van der Waals surface area contributed by atoms with Crippen molar-refractivity contribution in [1.29, 1.82) is 0 Å². The van der Waals surface area contributed by atoms with Gasteiger partial charge < -0.3 is 5.73 Å². The second kappa shape index (κ2) is 5.01. The average molecular weight is 219 g/mol. The van der Waals surface area contributed by atoms with E-state index < -0.39 is 0 Å². The van der Waals surface area contributed by atoms with Gasteiger partial charge in [-0.25, -0.2) is 0 Å². The lowest BCUT2D eigenvalue weighted by Crippen LogP contribution is -2.28. The molecule has 0 bridgehead atoms. The van der Waals surface area contributed by atoms with Crippen LogP contribution >= 0.6 is 0 Å². The molecule has 0 radical (unpaired) electrons. The lowest BCUT2D eigenvalue weighted by molar-refractivity contribution is 0.437. The summed E-state index contributed by atoms with van der Waals surface area (Å²) in [5.41, 5.74) is 8.85. The van der Waals surface area contributed by atoms with Gasteiger partial charge in [0.15, 0.2) is 0 Å². The molecular formula is C15H25N. The fraction of sp³-hybridized carbons (Fsp3) is 0.600. The predicted octanol–water partition coefficient (Wildman–Crippen LogP) is 3.82. The number of benzene rings is 1. The molecule has 0 aliphatic rings. The Morgan fingerprint density at radius 1 is 1.06 bits per heavy atom. The molecule has 0 heterocycles. The van der Waals surface area contributed by atoms with E-state index in [2.05, 4.69) is 58.9 Å². The second-order valence-corrected chi connectivity index (χ2v) is 5.84. The largest absolute Gasteiger partial charge is 0.328 e. The third-order valence-corrected chi connectivity index (χ3v) is 3.19. The summed E-state index contributed by atoms with van der Waals surface area (Å²) in [6.45, 7) is 11.1. The highest BCUT2D eigenvalue weighted by atomic mass is 14.6. The number of nitrogens with two attached hydrogens (primary N) is 1. The van der Waals surface area contributed by atoms with Gasteiger partial charge in [-0.05, 0) is 35.8 Å². The van der Waals surface area contributed by atoms with Crippen LogP contribution in [0.1, 0.15) is 58.1 Å². The molecule has 0 aliphatic heterocycles. The molecule has 1 rings (SSSR count). The molecule has 2 N–H and O–H groups in total. The highest BCUT2D eigenvalue weighted by Gasteiger charge is 2.21. The standard InChI is InChI=1S/C15H25N/c1-11(2)13-6-8-14(9-7-13)15(4,5)10-12(3)16/h6-9,11-12H,10,16H2,1-5H3/t12-/m0/s1. The van der Waals surface area contributed by atoms with E-state index in [4.69, 9.17) is 5.73 Å². The van der Waals surface area contributed by atoms with Crippen molar-refractivity contribution in [1.82, 2.24) is 0 Å². The third-order valence-electron chi connectivity index (χ3n) is 3.19. The van der Waals surface area contributed by atoms with Crippen molar-refractivity contribution in [3.05, 3.63) is 35.4 Å². The van der Waals surface area contributed by atoms with E-state index in [-0.39, 0.29) is 11.5 Å². The lowest BCUT2D eigenvalue weighted by atomic mass is 9.79. The zero-order valence-electron chi connectivity index (χ0n) is 11.2. The second-order valence-electron chi connectivity index (χ2n) is 5.84. The lowest BCUT2D eigenvalue weighted by Gasteiger charge is -2.27. The van der Waals surface area contributed by atoms with E-state index in [9.17, 15) is 0 Å². The normalized spacial score (nSPS) is 14.2. The van der Waals surface area contributed by atoms with Gasteiger partial charge in [-0.3, -0.25) is 0 Å². The van der Waals surface area contributed by atoms with Crippen LogP contribution in [-0.4, -0.2) is 6.04 Å². The number of hydrogen-bond acceptors (Lipinski definition) is 1. The molecule has 1 heteroatoms. The molecule has 1 aromatic carbocycles. The van der Waals surface area contributed by atoms with Gasteiger partial charge in [-0.15, -0.1) is 0 Å². The quantitative estimate of drug-likeness (QED) is 0.818. The summed E-state index contributed by atoms with van der Waals surface area (Å²) in [5, 5.41) is 0. The van der Waals surface area contributed by atoms with Crippen LogP contribution in [0.15, 0.2) is 24.3 Å². The maximum Gasteiger partial charge on any atom is 0.00187 e. The van der Waals surface area contributed by atoms with Gasteiger partial charge in [0.25, 0.3) is 0 Å². The molecule has 16 heavy (non-hydrogen) atoms. The fourth-order valence-electron chi connectivity index (χ4n) is 2.24. The molecule has 0 amide bonds. The summed E-state index contributed by atoms with van der Waals surface area (Å²) in [6.07, 6.45) is 1.02. The molecule has 0 spiro atoms. The van der Waals surface area contributed by atoms with E-state index in [0.717, 1.165) is 6.42 Å². The van der Waals surface area contributed by atoms with Crippen LogP contribution in [0.2, 0.25) is 0 Å². The number of rotatable bonds is 4. The first-order chi connectivity index (χ1) is 7.33. The molecule has 0 aromatic heterocycles. The van der Waals surface area contributed by atoms with Crippen molar-refractivity contribution in [3.8, 4) is 0 Å². The molecule has 1 nitrogen and oxygen atoms in total. The van der Waals surface area contributed by atoms with Crippen LogP contribution in [0.3, 0.4) is 0 Å². The Bertz CT molecular complexity index is 320. The zero-order valence-corrected chi connectivity index (χ0v) is 11.2. The summed E-state index contributed by atoms with van der Waals surface area (Å²) >= 11 is 0. The minimum Gasteiger partial charge on any atom is -0.328 e. The van der Waals surface area contributed by atoms with Gasteiger partial charge in [0.1, 0.15) is 0 Å². The van der Waals surface area contributed by atoms with E-state index in [1.54, 1.807) is 0 Å². The van der Waals surface area contributed by atoms with Crippen molar-refractivity contribution in [2.24, 2.45) is 5.73 Å². The molecular weight excluding hydrogens is 194 g/mol. The molecule has 0 unspecified atom stereocenters. The molecule has 0 fully saturated rings. The van der Waals surface area contributed by atoms with E-state index in [0.29, 0.717) is 5.92 Å². The van der Waals surface area contributed by atoms with Gasteiger partial charge in [-0.1, -0.05) is 52.0 Å². The van der Waals surface area contributed by atoms with Crippen LogP contribution in [0.25, 0.3) is 0 Å². The molecule has 0 saturated heterocycles. The van der Waals surface area contributed by atoms with Gasteiger partial charge in [0.05, 0.1) is 0 Å². The summed E-state index contributed by atoms with van der Waals surface area (Å²) in [7, 11) is 0. The Balaban J connectivity index is 2.88. The first-order valence-electron chi connectivity index (χ1n) is 6.19. The topological polar surface area (TPSA) is 26.0 Å². The average Bonchev–Trinajstić information content (AvgIpc) is 2.16. The highest BCUT2D eigenvalue weighted by molar-refractivity contribution is 5.29. The van der Waals surface area contributed by atoms with Crippen molar-refractivity contribution < 1.29 is 0 Å². The number of hydrogen-bond donors (Lipinski definition) is 1. The Morgan fingerprint density at radius 2 is 1.56 bits per heavy atom. The van der Waals surface area contributed by atoms with Gasteiger partial charge >= 0.3 is 0 Å². The molecule has 0 aliphatic carbocycles. The van der Waals surface area contributed by atoms with Crippen molar-refractivity contribution in [3.63, 3.8) is 0 Å². The Hall–Kier alpha value is -0.820. The minimum atomic E-state index is 0.170. The van der Waals surface area contributed by atoms with E-state index in [1.807, 2.05) is 0 Å². The third kappa shape index (κ3) is 3.34. The summed E-state index contributed by atoms with van der Waals surface area (Å²) in [6, 6.07) is 9.22. The first-order valence-corrected chi connectivity index (χ1v) is 6.19. The van der Waals surface area contributed by atoms with E-state index in [1.165, 1.54) is 11.1 Å². The van der Waals surface area contributed by atoms with Crippen molar-refractivity contribution in [2.75, 3.05) is 0 Å². The summed E-state index contributed by atoms with van der Waals surface area (Å²) < 4.78 is 0. The molecule has 1 atom stereocenters. The summed E-state index contributed by atoms with van der Waals surface area (Å²) in [5.74, 6) is 0.602. The first kappa shape index (κ1) is 13.2.